The summed E-state index contributed by atoms with van der Waals surface area (Å²) in [5.41, 5.74) is 3.81. The molecular formula is C21H25N3O. The molecule has 25 heavy (non-hydrogen) atoms. The van der Waals surface area contributed by atoms with Crippen molar-refractivity contribution in [3.05, 3.63) is 71.8 Å². The Morgan fingerprint density at radius 2 is 1.88 bits per heavy atom. The molecule has 2 N–H and O–H groups in total. The van der Waals surface area contributed by atoms with Crippen molar-refractivity contribution in [2.24, 2.45) is 4.99 Å². The zero-order valence-electron chi connectivity index (χ0n) is 14.7. The van der Waals surface area contributed by atoms with Gasteiger partial charge < -0.3 is 15.3 Å². The Balaban J connectivity index is 1.68. The molecule has 0 atom stereocenters. The van der Waals surface area contributed by atoms with Gasteiger partial charge in [-0.25, -0.2) is 4.99 Å². The second-order valence-corrected chi connectivity index (χ2v) is 6.13. The summed E-state index contributed by atoms with van der Waals surface area (Å²) >= 11 is 0. The maximum Gasteiger partial charge on any atom is 0.194 e. The van der Waals surface area contributed by atoms with Crippen molar-refractivity contribution in [3.63, 3.8) is 0 Å². The van der Waals surface area contributed by atoms with Crippen LogP contribution in [0.15, 0.2) is 65.7 Å². The van der Waals surface area contributed by atoms with Gasteiger partial charge >= 0.3 is 0 Å². The number of benzene rings is 2. The minimum absolute atomic E-state index is 0.286. The van der Waals surface area contributed by atoms with E-state index < -0.39 is 0 Å². The van der Waals surface area contributed by atoms with Crippen LogP contribution in [0.25, 0.3) is 5.57 Å². The quantitative estimate of drug-likeness (QED) is 0.662. The van der Waals surface area contributed by atoms with Crippen LogP contribution in [0.3, 0.4) is 0 Å². The number of nitrogens with zero attached hydrogens (tertiary/aromatic N) is 2. The fourth-order valence-electron chi connectivity index (χ4n) is 2.97. The number of nitrogens with one attached hydrogen (secondary N) is 1. The van der Waals surface area contributed by atoms with E-state index in [-0.39, 0.29) is 5.75 Å². The molecule has 4 heteroatoms. The molecule has 0 unspecified atom stereocenters. The molecule has 0 spiro atoms. The van der Waals surface area contributed by atoms with Gasteiger partial charge in [0, 0.05) is 19.6 Å². The van der Waals surface area contributed by atoms with Gasteiger partial charge in [-0.2, -0.15) is 0 Å². The highest BCUT2D eigenvalue weighted by Gasteiger charge is 2.16. The SMILES string of the molecule is CCNC(=NCc1ccc(O)cc1)N1CC=C(c2ccccc2)CC1. The maximum absolute atomic E-state index is 9.38. The summed E-state index contributed by atoms with van der Waals surface area (Å²) in [5.74, 6) is 1.23. The second kappa shape index (κ2) is 8.38. The number of phenols is 1. The molecule has 3 rings (SSSR count). The number of guanidine groups is 1. The predicted octanol–water partition coefficient (Wildman–Crippen LogP) is 3.65. The van der Waals surface area contributed by atoms with Crippen LogP contribution < -0.4 is 5.32 Å². The summed E-state index contributed by atoms with van der Waals surface area (Å²) in [7, 11) is 0. The average Bonchev–Trinajstić information content (AvgIpc) is 2.67. The summed E-state index contributed by atoms with van der Waals surface area (Å²) in [6.45, 7) is 5.37. The Hall–Kier alpha value is -2.75. The van der Waals surface area contributed by atoms with Crippen molar-refractivity contribution in [1.29, 1.82) is 0 Å². The molecule has 0 saturated carbocycles. The Labute approximate surface area is 149 Å². The molecule has 0 aromatic heterocycles. The minimum atomic E-state index is 0.286. The normalized spacial score (nSPS) is 15.0. The van der Waals surface area contributed by atoms with Crippen LogP contribution in [0.1, 0.15) is 24.5 Å². The average molecular weight is 335 g/mol. The molecule has 130 valence electrons. The third kappa shape index (κ3) is 4.63. The number of hydrogen-bond acceptors (Lipinski definition) is 2. The highest BCUT2D eigenvalue weighted by atomic mass is 16.3. The van der Waals surface area contributed by atoms with Gasteiger partial charge in [-0.05, 0) is 42.2 Å². The fraction of sp³-hybridized carbons (Fsp3) is 0.286. The minimum Gasteiger partial charge on any atom is -0.508 e. The van der Waals surface area contributed by atoms with E-state index in [1.807, 2.05) is 12.1 Å². The summed E-state index contributed by atoms with van der Waals surface area (Å²) in [5, 5.41) is 12.8. The first-order chi connectivity index (χ1) is 12.3. The summed E-state index contributed by atoms with van der Waals surface area (Å²) in [4.78, 5) is 7.04. The third-order valence-corrected chi connectivity index (χ3v) is 4.34. The Kier molecular flexibility index (Phi) is 5.73. The number of aromatic hydroxyl groups is 1. The molecule has 0 radical (unpaired) electrons. The highest BCUT2D eigenvalue weighted by molar-refractivity contribution is 5.81. The van der Waals surface area contributed by atoms with Gasteiger partial charge in [-0.3, -0.25) is 0 Å². The topological polar surface area (TPSA) is 47.9 Å². The molecule has 0 bridgehead atoms. The van der Waals surface area contributed by atoms with Crippen molar-refractivity contribution in [2.45, 2.75) is 19.9 Å². The summed E-state index contributed by atoms with van der Waals surface area (Å²) < 4.78 is 0. The largest absolute Gasteiger partial charge is 0.508 e. The molecule has 2 aromatic carbocycles. The lowest BCUT2D eigenvalue weighted by atomic mass is 10.00. The second-order valence-electron chi connectivity index (χ2n) is 6.13. The smallest absolute Gasteiger partial charge is 0.194 e. The van der Waals surface area contributed by atoms with Gasteiger partial charge in [0.2, 0.25) is 0 Å². The van der Waals surface area contributed by atoms with E-state index in [0.717, 1.165) is 37.6 Å². The first-order valence-electron chi connectivity index (χ1n) is 8.82. The van der Waals surface area contributed by atoms with E-state index in [4.69, 9.17) is 4.99 Å². The fourth-order valence-corrected chi connectivity index (χ4v) is 2.97. The molecule has 1 aliphatic rings. The molecule has 1 heterocycles. The summed E-state index contributed by atoms with van der Waals surface area (Å²) in [6.07, 6.45) is 3.32. The molecule has 0 saturated heterocycles. The van der Waals surface area contributed by atoms with E-state index in [0.29, 0.717) is 6.54 Å². The van der Waals surface area contributed by atoms with Crippen LogP contribution in [0.4, 0.5) is 0 Å². The van der Waals surface area contributed by atoms with E-state index in [1.165, 1.54) is 11.1 Å². The van der Waals surface area contributed by atoms with Gasteiger partial charge in [0.25, 0.3) is 0 Å². The Morgan fingerprint density at radius 3 is 2.52 bits per heavy atom. The molecule has 1 aliphatic heterocycles. The lowest BCUT2D eigenvalue weighted by Crippen LogP contribution is -2.43. The maximum atomic E-state index is 9.38. The Bertz CT molecular complexity index is 735. The Morgan fingerprint density at radius 1 is 1.12 bits per heavy atom. The van der Waals surface area contributed by atoms with E-state index in [1.54, 1.807) is 12.1 Å². The highest BCUT2D eigenvalue weighted by Crippen LogP contribution is 2.22. The van der Waals surface area contributed by atoms with Crippen LogP contribution in [0.5, 0.6) is 5.75 Å². The molecular weight excluding hydrogens is 310 g/mol. The lowest BCUT2D eigenvalue weighted by Gasteiger charge is -2.30. The molecule has 2 aromatic rings. The van der Waals surface area contributed by atoms with Crippen molar-refractivity contribution in [3.8, 4) is 5.75 Å². The first kappa shape index (κ1) is 17.1. The van der Waals surface area contributed by atoms with Gasteiger partial charge in [0.05, 0.1) is 6.54 Å². The van der Waals surface area contributed by atoms with Gasteiger partial charge in [-0.1, -0.05) is 48.5 Å². The van der Waals surface area contributed by atoms with Crippen molar-refractivity contribution < 1.29 is 5.11 Å². The van der Waals surface area contributed by atoms with Gasteiger partial charge in [0.15, 0.2) is 5.96 Å². The number of rotatable bonds is 4. The van der Waals surface area contributed by atoms with Crippen LogP contribution in [0.2, 0.25) is 0 Å². The van der Waals surface area contributed by atoms with Crippen LogP contribution in [-0.2, 0) is 6.54 Å². The number of aliphatic imine (C=N–C) groups is 1. The first-order valence-corrected chi connectivity index (χ1v) is 8.82. The van der Waals surface area contributed by atoms with E-state index in [2.05, 4.69) is 53.5 Å². The summed E-state index contributed by atoms with van der Waals surface area (Å²) in [6, 6.07) is 17.8. The third-order valence-electron chi connectivity index (χ3n) is 4.34. The number of hydrogen-bond donors (Lipinski definition) is 2. The van der Waals surface area contributed by atoms with E-state index >= 15 is 0 Å². The predicted molar refractivity (Wildman–Crippen MR) is 104 cm³/mol. The van der Waals surface area contributed by atoms with Crippen LogP contribution in [0, 0.1) is 0 Å². The van der Waals surface area contributed by atoms with Crippen molar-refractivity contribution >= 4 is 11.5 Å². The zero-order chi connectivity index (χ0) is 17.5. The van der Waals surface area contributed by atoms with Gasteiger partial charge in [-0.15, -0.1) is 0 Å². The standard InChI is InChI=1S/C21H25N3O/c1-2-22-21(23-16-17-8-10-20(25)11-9-17)24-14-12-19(13-15-24)18-6-4-3-5-7-18/h3-12,25H,2,13-16H2,1H3,(H,22,23). The van der Waals surface area contributed by atoms with Gasteiger partial charge in [0.1, 0.15) is 5.75 Å². The molecule has 4 nitrogen and oxygen atoms in total. The molecule has 0 fully saturated rings. The lowest BCUT2D eigenvalue weighted by molar-refractivity contribution is 0.440. The molecule has 0 aliphatic carbocycles. The van der Waals surface area contributed by atoms with Crippen molar-refractivity contribution in [1.82, 2.24) is 10.2 Å². The van der Waals surface area contributed by atoms with E-state index in [9.17, 15) is 5.11 Å². The zero-order valence-corrected chi connectivity index (χ0v) is 14.7. The van der Waals surface area contributed by atoms with Crippen molar-refractivity contribution in [2.75, 3.05) is 19.6 Å². The van der Waals surface area contributed by atoms with Crippen LogP contribution in [-0.4, -0.2) is 35.6 Å². The monoisotopic (exact) mass is 335 g/mol. The van der Waals surface area contributed by atoms with Crippen LogP contribution >= 0.6 is 0 Å². The number of phenolic OH excluding ortho intramolecular Hbond substituents is 1. The molecule has 0 amide bonds.